The summed E-state index contributed by atoms with van der Waals surface area (Å²) in [4.78, 5) is 110. The van der Waals surface area contributed by atoms with Crippen LogP contribution in [-0.2, 0) is 76.1 Å². The van der Waals surface area contributed by atoms with Gasteiger partial charge in [-0.15, -0.1) is 0 Å². The topological polar surface area (TPSA) is 437 Å². The normalized spacial score (nSPS) is 46.0. The van der Waals surface area contributed by atoms with E-state index in [1.165, 1.54) is 28.1 Å². The van der Waals surface area contributed by atoms with E-state index >= 15 is 28.8 Å². The van der Waals surface area contributed by atoms with Crippen LogP contribution in [0.1, 0.15) is 106 Å². The summed E-state index contributed by atoms with van der Waals surface area (Å²) in [7, 11) is 9.59. The number of Topliss-reactive ketones (excluding diaryl/α,β-unsaturated/α-hetero) is 6. The van der Waals surface area contributed by atoms with Crippen LogP contribution < -0.4 is 0 Å². The van der Waals surface area contributed by atoms with Crippen LogP contribution in [0.4, 0.5) is 0 Å². The fourth-order valence-electron chi connectivity index (χ4n) is 19.1. The Balaban J connectivity index is 1.19. The molecule has 4 aliphatic heterocycles. The molecule has 30 unspecified atom stereocenters. The van der Waals surface area contributed by atoms with Crippen molar-refractivity contribution in [1.29, 1.82) is 5.53 Å². The first-order valence-electron chi connectivity index (χ1n) is 34.3. The van der Waals surface area contributed by atoms with Crippen LogP contribution >= 0.6 is 0 Å². The molecule has 30 heteroatoms. The number of nitrogens with zero attached hydrogens (tertiary/aromatic N) is 5. The highest BCUT2D eigenvalue weighted by Gasteiger charge is 2.75. The summed E-state index contributed by atoms with van der Waals surface area (Å²) >= 11 is 0. The average Bonchev–Trinajstić information content (AvgIpc) is 1.47. The number of allylic oxidation sites excluding steroid dienone is 6. The molecule has 2 saturated carbocycles. The fraction of sp³-hybridized carbons (Fsp3) is 0.765. The standard InChI is InChI=1S/C68H93N6O24/c1-13-67(97-37-20-32(80)56(74(9)10)24(4)92-37)51-46(45-48(54(51)72-70)62(86)42-30(78)18-16-28(76)40(42)60(45)84)63(87)50(66(67)96-36-21-33(89-11)57(81)25(5)93-36)52-64(88)44-43-47(61(85)41-29(77)17-15-27(75)39(41)59(43)83)53(71-69)49(44)65(95-35-19-31(79)55(73(7)8)23(3)91-35)68(52,14-2)98-38-22-34(90-12)58(82)26(6)94-38/h23-42,50,52,55-58,65-66,69,75-82H,13-22H2,1-12H3/q+1. The van der Waals surface area contributed by atoms with Gasteiger partial charge in [0.05, 0.1) is 142 Å². The Morgan fingerprint density at radius 2 is 0.908 bits per heavy atom. The first-order valence-corrected chi connectivity index (χ1v) is 34.3. The monoisotopic (exact) mass is 1380 g/mol. The highest BCUT2D eigenvalue weighted by Crippen LogP contribution is 2.62. The second-order valence-corrected chi connectivity index (χ2v) is 29.1. The minimum atomic E-state index is -2.60. The molecule has 538 valence electrons. The highest BCUT2D eigenvalue weighted by molar-refractivity contribution is 6.43. The van der Waals surface area contributed by atoms with Crippen molar-refractivity contribution in [3.05, 3.63) is 50.1 Å². The van der Waals surface area contributed by atoms with Crippen LogP contribution in [0, 0.1) is 41.0 Å². The van der Waals surface area contributed by atoms with Gasteiger partial charge in [-0.1, -0.05) is 13.8 Å². The summed E-state index contributed by atoms with van der Waals surface area (Å²) in [5.41, 5.74) is 9.65. The van der Waals surface area contributed by atoms with E-state index in [2.05, 4.69) is 9.58 Å². The number of aliphatic hydroxyl groups excluding tert-OH is 8. The third kappa shape index (κ3) is 11.1. The van der Waals surface area contributed by atoms with Crippen LogP contribution in [-0.4, -0.2) is 295 Å². The number of likely N-dealkylation sites (N-methyl/N-ethyl adjacent to an activating group) is 2. The molecule has 8 aliphatic carbocycles. The smallest absolute Gasteiger partial charge is 0.382 e. The van der Waals surface area contributed by atoms with Crippen molar-refractivity contribution in [2.24, 2.45) is 35.5 Å². The molecule has 6 fully saturated rings. The Labute approximate surface area is 566 Å². The Bertz CT molecular complexity index is 3500. The first-order chi connectivity index (χ1) is 46.4. The molecule has 4 heterocycles. The van der Waals surface area contributed by atoms with Gasteiger partial charge in [-0.3, -0.25) is 28.8 Å². The number of hydrogen-bond donors (Lipinski definition) is 9. The Kier molecular flexibility index (Phi) is 20.2. The lowest BCUT2D eigenvalue weighted by atomic mass is 9.55. The van der Waals surface area contributed by atoms with Crippen molar-refractivity contribution in [2.45, 2.75) is 252 Å². The van der Waals surface area contributed by atoms with Gasteiger partial charge in [-0.2, -0.15) is 4.79 Å². The van der Waals surface area contributed by atoms with Crippen molar-refractivity contribution >= 4 is 46.1 Å². The predicted octanol–water partition coefficient (Wildman–Crippen LogP) is -1.28. The lowest BCUT2D eigenvalue weighted by Crippen LogP contribution is -2.70. The van der Waals surface area contributed by atoms with Gasteiger partial charge in [0, 0.05) is 62.2 Å². The number of methoxy groups -OCH3 is 2. The van der Waals surface area contributed by atoms with Gasteiger partial charge in [-0.25, -0.2) is 0 Å². The number of carbonyl (C=O) groups is 6. The quantitative estimate of drug-likeness (QED) is 0.0681. The number of ketones is 6. The van der Waals surface area contributed by atoms with Crippen molar-refractivity contribution in [3.8, 4) is 0 Å². The number of rotatable bonds is 15. The molecule has 0 radical (unpaired) electrons. The molecule has 9 N–H and O–H groups in total. The highest BCUT2D eigenvalue weighted by atomic mass is 16.7. The van der Waals surface area contributed by atoms with Gasteiger partial charge < -0.3 is 104 Å². The molecule has 98 heavy (non-hydrogen) atoms. The number of nitrogens with one attached hydrogen (secondary N) is 1. The molecule has 30 nitrogen and oxygen atoms in total. The van der Waals surface area contributed by atoms with Gasteiger partial charge in [0.2, 0.25) is 0 Å². The molecule has 12 aliphatic rings. The second-order valence-electron chi connectivity index (χ2n) is 29.1. The second kappa shape index (κ2) is 27.3. The van der Waals surface area contributed by atoms with Crippen LogP contribution in [0.25, 0.3) is 5.53 Å². The molecule has 30 atom stereocenters. The predicted molar refractivity (Wildman–Crippen MR) is 333 cm³/mol. The maximum Gasteiger partial charge on any atom is 0.382 e. The third-order valence-corrected chi connectivity index (χ3v) is 23.5. The van der Waals surface area contributed by atoms with Crippen molar-refractivity contribution in [1.82, 2.24) is 9.80 Å². The minimum absolute atomic E-state index is 0.123. The average molecular weight is 1380 g/mol. The number of carbonyl (C=O) groups excluding carboxylic acids is 6. The largest absolute Gasteiger partial charge is 0.392 e. The van der Waals surface area contributed by atoms with E-state index in [9.17, 15) is 46.4 Å². The molecule has 0 bridgehead atoms. The van der Waals surface area contributed by atoms with Crippen LogP contribution in [0.2, 0.25) is 0 Å². The van der Waals surface area contributed by atoms with Gasteiger partial charge >= 0.3 is 11.4 Å². The minimum Gasteiger partial charge on any atom is -0.392 e. The zero-order valence-corrected chi connectivity index (χ0v) is 57.1. The van der Waals surface area contributed by atoms with E-state index in [1.54, 1.807) is 65.7 Å². The number of ether oxygens (including phenoxy) is 10. The molecule has 4 saturated heterocycles. The third-order valence-electron chi connectivity index (χ3n) is 23.5. The van der Waals surface area contributed by atoms with Crippen LogP contribution in [0.3, 0.4) is 0 Å². The number of hydrogen-bond acceptors (Lipinski definition) is 27. The van der Waals surface area contributed by atoms with Crippen LogP contribution in [0.5, 0.6) is 0 Å². The number of fused-ring (bicyclic) bond motifs is 4. The maximum absolute atomic E-state index is 17.9. The lowest BCUT2D eigenvalue weighted by Gasteiger charge is -2.57. The van der Waals surface area contributed by atoms with E-state index in [-0.39, 0.29) is 51.4 Å². The Morgan fingerprint density at radius 1 is 0.500 bits per heavy atom. The molecular formula is C68H93N6O24+. The van der Waals surface area contributed by atoms with E-state index < -0.39 is 285 Å². The van der Waals surface area contributed by atoms with Crippen molar-refractivity contribution in [3.63, 3.8) is 0 Å². The van der Waals surface area contributed by atoms with Crippen molar-refractivity contribution < 1.29 is 127 Å². The van der Waals surface area contributed by atoms with E-state index in [0.717, 1.165) is 0 Å². The summed E-state index contributed by atoms with van der Waals surface area (Å²) in [5.74, 6) is -17.7. The van der Waals surface area contributed by atoms with Crippen molar-refractivity contribution in [2.75, 3.05) is 42.4 Å². The Morgan fingerprint density at radius 3 is 1.36 bits per heavy atom. The molecule has 0 aromatic rings. The summed E-state index contributed by atoms with van der Waals surface area (Å²) in [6, 6.07) is -1.30. The van der Waals surface area contributed by atoms with Gasteiger partial charge in [0.1, 0.15) is 46.8 Å². The zero-order valence-electron chi connectivity index (χ0n) is 57.1. The molecule has 0 amide bonds. The summed E-state index contributed by atoms with van der Waals surface area (Å²) in [6.45, 7) is 9.52. The fourth-order valence-corrected chi connectivity index (χ4v) is 19.1. The first kappa shape index (κ1) is 72.7. The summed E-state index contributed by atoms with van der Waals surface area (Å²) in [6.07, 6.45) is -30.5. The van der Waals surface area contributed by atoms with Gasteiger partial charge in [0.15, 0.2) is 59.9 Å². The zero-order chi connectivity index (χ0) is 71.1. The van der Waals surface area contributed by atoms with E-state index in [1.807, 2.05) is 0 Å². The molecule has 0 spiro atoms. The van der Waals surface area contributed by atoms with Gasteiger partial charge in [-0.05, 0) is 94.4 Å². The molecular weight excluding hydrogens is 1280 g/mol. The Hall–Kier alpha value is -5.06. The number of aliphatic hydroxyl groups is 8. The van der Waals surface area contributed by atoms with Crippen LogP contribution in [0.15, 0.2) is 44.6 Å². The lowest BCUT2D eigenvalue weighted by molar-refractivity contribution is -0.339. The molecule has 0 aromatic carbocycles. The van der Waals surface area contributed by atoms with E-state index in [0.29, 0.717) is 0 Å². The maximum atomic E-state index is 17.9. The molecule has 0 aromatic heterocycles. The van der Waals surface area contributed by atoms with Gasteiger partial charge in [0.25, 0.3) is 0 Å². The molecule has 12 rings (SSSR count). The SMILES string of the molecule is CCC1(OC2CC(O)C(N(C)C)C(C)O2)C2=C(C(=O)C(C3C(=O)C4=C(C(=[N+]=N)C5=C4C(=O)C4C(O)CCC(O)C4C5=O)C(OC4CC(O)C(N(C)C)C(C)O4)C3(CC)OC3CC(OC)C(O)C(C)O3)C1OC1CC(OC)C(O)C(C)O1)C1=C(C(=O)C3C(O)CCC(O)C3C1=O)C2=[N+]=[N-]. The summed E-state index contributed by atoms with van der Waals surface area (Å²) in [5, 5.41) is 94.4. The summed E-state index contributed by atoms with van der Waals surface area (Å²) < 4.78 is 67.8. The van der Waals surface area contributed by atoms with E-state index in [4.69, 9.17) is 52.9 Å².